The van der Waals surface area contributed by atoms with Gasteiger partial charge in [0.05, 0.1) is 5.56 Å². The summed E-state index contributed by atoms with van der Waals surface area (Å²) >= 11 is 2.14. The predicted octanol–water partition coefficient (Wildman–Crippen LogP) is 1.49. The topological polar surface area (TPSA) is 43.8 Å². The van der Waals surface area contributed by atoms with E-state index in [2.05, 4.69) is 22.9 Å². The average Bonchev–Trinajstić information content (AvgIpc) is 2.38. The van der Waals surface area contributed by atoms with Gasteiger partial charge in [0.2, 0.25) is 0 Å². The van der Waals surface area contributed by atoms with E-state index in [1.807, 2.05) is 3.11 Å². The second-order valence-corrected chi connectivity index (χ2v) is 5.64. The fourth-order valence-corrected chi connectivity index (χ4v) is 2.40. The number of hydrogen-bond donors (Lipinski definition) is 1. The van der Waals surface area contributed by atoms with E-state index in [4.69, 9.17) is 0 Å². The number of carbonyl (C=O) groups is 1. The molecule has 1 heterocycles. The number of halogens is 3. The Hall–Kier alpha value is -0.800. The zero-order valence-electron chi connectivity index (χ0n) is 10.0. The Bertz CT molecular complexity index is 459. The summed E-state index contributed by atoms with van der Waals surface area (Å²) in [7, 11) is 0. The summed E-state index contributed by atoms with van der Waals surface area (Å²) in [6, 6.07) is 3.25. The molecule has 104 valence electrons. The van der Waals surface area contributed by atoms with Crippen LogP contribution in [0.2, 0.25) is 0 Å². The summed E-state index contributed by atoms with van der Waals surface area (Å²) in [6.07, 6.45) is -1.79. The molecular weight excluding hydrogens is 369 g/mol. The smallest absolute Gasteiger partial charge is 0.256 e. The van der Waals surface area contributed by atoms with Crippen LogP contribution in [0.15, 0.2) is 18.2 Å². The number of aliphatic hydroxyl groups excluding tert-OH is 1. The van der Waals surface area contributed by atoms with Gasteiger partial charge in [-0.2, -0.15) is 0 Å². The van der Waals surface area contributed by atoms with Gasteiger partial charge in [0, 0.05) is 49.0 Å². The molecule has 1 aliphatic rings. The number of nitrogens with zero attached hydrogens (tertiary/aromatic N) is 2. The van der Waals surface area contributed by atoms with Crippen LogP contribution in [-0.4, -0.2) is 45.2 Å². The molecule has 1 aromatic rings. The van der Waals surface area contributed by atoms with E-state index in [1.165, 1.54) is 11.0 Å². The van der Waals surface area contributed by atoms with E-state index in [1.54, 1.807) is 0 Å². The monoisotopic (exact) mass is 382 g/mol. The molecule has 1 aromatic carbocycles. The number of amides is 1. The molecule has 1 saturated heterocycles. The van der Waals surface area contributed by atoms with Crippen molar-refractivity contribution in [3.63, 3.8) is 0 Å². The van der Waals surface area contributed by atoms with Gasteiger partial charge in [-0.25, -0.2) is 11.9 Å². The highest BCUT2D eigenvalue weighted by Crippen LogP contribution is 2.23. The Balaban J connectivity index is 2.15. The highest BCUT2D eigenvalue weighted by atomic mass is 127. The quantitative estimate of drug-likeness (QED) is 0.623. The molecule has 0 spiro atoms. The van der Waals surface area contributed by atoms with Crippen LogP contribution < -0.4 is 0 Å². The maximum Gasteiger partial charge on any atom is 0.256 e. The highest BCUT2D eigenvalue weighted by molar-refractivity contribution is 14.1. The SMILES string of the molecule is O=C(C(O)c1c(F)cccc1F)N1CCN(I)CC1. The van der Waals surface area contributed by atoms with E-state index in [0.29, 0.717) is 26.2 Å². The minimum atomic E-state index is -1.79. The second kappa shape index (κ2) is 6.10. The maximum absolute atomic E-state index is 13.5. The summed E-state index contributed by atoms with van der Waals surface area (Å²) < 4.78 is 29.0. The summed E-state index contributed by atoms with van der Waals surface area (Å²) in [5.41, 5.74) is -0.579. The molecule has 0 saturated carbocycles. The molecule has 1 N–H and O–H groups in total. The van der Waals surface area contributed by atoms with Gasteiger partial charge < -0.3 is 10.0 Å². The third kappa shape index (κ3) is 3.21. The highest BCUT2D eigenvalue weighted by Gasteiger charge is 2.30. The lowest BCUT2D eigenvalue weighted by molar-refractivity contribution is -0.141. The number of aliphatic hydroxyl groups is 1. The Kier molecular flexibility index (Phi) is 4.69. The van der Waals surface area contributed by atoms with Crippen molar-refractivity contribution < 1.29 is 18.7 Å². The molecule has 2 rings (SSSR count). The van der Waals surface area contributed by atoms with E-state index < -0.39 is 29.2 Å². The number of rotatable bonds is 2. The zero-order valence-corrected chi connectivity index (χ0v) is 12.2. The first-order valence-electron chi connectivity index (χ1n) is 5.82. The standard InChI is InChI=1S/C12H13F2IN2O2/c13-8-2-1-3-9(14)10(8)11(18)12(19)16-4-6-17(15)7-5-16/h1-3,11,18H,4-7H2. The molecule has 0 bridgehead atoms. The van der Waals surface area contributed by atoms with Gasteiger partial charge in [-0.3, -0.25) is 4.79 Å². The van der Waals surface area contributed by atoms with Crippen molar-refractivity contribution >= 4 is 28.8 Å². The molecule has 7 heteroatoms. The lowest BCUT2D eigenvalue weighted by atomic mass is 10.1. The van der Waals surface area contributed by atoms with Crippen molar-refractivity contribution in [3.05, 3.63) is 35.4 Å². The molecule has 1 fully saturated rings. The first-order valence-corrected chi connectivity index (χ1v) is 6.78. The molecule has 0 radical (unpaired) electrons. The third-order valence-electron chi connectivity index (χ3n) is 3.04. The Morgan fingerprint density at radius 2 is 1.74 bits per heavy atom. The lowest BCUT2D eigenvalue weighted by Crippen LogP contribution is -2.47. The molecular formula is C12H13F2IN2O2. The van der Waals surface area contributed by atoms with Gasteiger partial charge in [0.15, 0.2) is 6.10 Å². The van der Waals surface area contributed by atoms with Crippen LogP contribution >= 0.6 is 22.9 Å². The molecule has 4 nitrogen and oxygen atoms in total. The van der Waals surface area contributed by atoms with Gasteiger partial charge in [-0.05, 0) is 12.1 Å². The van der Waals surface area contributed by atoms with Crippen LogP contribution in [0.5, 0.6) is 0 Å². The van der Waals surface area contributed by atoms with Gasteiger partial charge >= 0.3 is 0 Å². The first-order chi connectivity index (χ1) is 9.00. The van der Waals surface area contributed by atoms with Crippen LogP contribution in [0.25, 0.3) is 0 Å². The van der Waals surface area contributed by atoms with Gasteiger partial charge in [-0.15, -0.1) is 0 Å². The number of hydrogen-bond acceptors (Lipinski definition) is 3. The fraction of sp³-hybridized carbons (Fsp3) is 0.417. The second-order valence-electron chi connectivity index (χ2n) is 4.27. The Labute approximate surface area is 123 Å². The van der Waals surface area contributed by atoms with Crippen LogP contribution in [-0.2, 0) is 4.79 Å². The van der Waals surface area contributed by atoms with Gasteiger partial charge in [-0.1, -0.05) is 6.07 Å². The van der Waals surface area contributed by atoms with E-state index in [9.17, 15) is 18.7 Å². The Morgan fingerprint density at radius 3 is 2.26 bits per heavy atom. The van der Waals surface area contributed by atoms with Crippen molar-refractivity contribution in [2.24, 2.45) is 0 Å². The fourth-order valence-electron chi connectivity index (χ4n) is 1.97. The molecule has 0 aromatic heterocycles. The van der Waals surface area contributed by atoms with Crippen molar-refractivity contribution in [2.75, 3.05) is 26.2 Å². The van der Waals surface area contributed by atoms with E-state index in [0.717, 1.165) is 12.1 Å². The summed E-state index contributed by atoms with van der Waals surface area (Å²) in [6.45, 7) is 2.21. The molecule has 19 heavy (non-hydrogen) atoms. The molecule has 0 aliphatic carbocycles. The minimum Gasteiger partial charge on any atom is -0.378 e. The van der Waals surface area contributed by atoms with Crippen molar-refractivity contribution in [1.29, 1.82) is 0 Å². The number of piperazine rings is 1. The molecule has 1 unspecified atom stereocenters. The van der Waals surface area contributed by atoms with Crippen molar-refractivity contribution in [2.45, 2.75) is 6.10 Å². The van der Waals surface area contributed by atoms with Crippen LogP contribution in [0.3, 0.4) is 0 Å². The van der Waals surface area contributed by atoms with Gasteiger partial charge in [0.25, 0.3) is 5.91 Å². The van der Waals surface area contributed by atoms with Crippen LogP contribution in [0.1, 0.15) is 11.7 Å². The first kappa shape index (κ1) is 14.6. The van der Waals surface area contributed by atoms with E-state index in [-0.39, 0.29) is 0 Å². The minimum absolute atomic E-state index is 0.439. The van der Waals surface area contributed by atoms with E-state index >= 15 is 0 Å². The maximum atomic E-state index is 13.5. The lowest BCUT2D eigenvalue weighted by Gasteiger charge is -2.32. The molecule has 1 amide bonds. The summed E-state index contributed by atoms with van der Waals surface area (Å²) in [5.74, 6) is -2.48. The predicted molar refractivity (Wildman–Crippen MR) is 73.5 cm³/mol. The number of carbonyl (C=O) groups excluding carboxylic acids is 1. The summed E-state index contributed by atoms with van der Waals surface area (Å²) in [5, 5.41) is 9.88. The molecule has 1 aliphatic heterocycles. The average molecular weight is 382 g/mol. The van der Waals surface area contributed by atoms with Crippen LogP contribution in [0, 0.1) is 11.6 Å². The van der Waals surface area contributed by atoms with Crippen molar-refractivity contribution in [3.8, 4) is 0 Å². The largest absolute Gasteiger partial charge is 0.378 e. The normalized spacial score (nSPS) is 18.4. The van der Waals surface area contributed by atoms with Crippen molar-refractivity contribution in [1.82, 2.24) is 8.01 Å². The zero-order chi connectivity index (χ0) is 14.0. The molecule has 1 atom stereocenters. The summed E-state index contributed by atoms with van der Waals surface area (Å²) in [4.78, 5) is 13.5. The number of benzene rings is 1. The Morgan fingerprint density at radius 1 is 1.21 bits per heavy atom. The van der Waals surface area contributed by atoms with Crippen LogP contribution in [0.4, 0.5) is 8.78 Å². The van der Waals surface area contributed by atoms with Gasteiger partial charge in [0.1, 0.15) is 11.6 Å². The third-order valence-corrected chi connectivity index (χ3v) is 4.01.